The number of Topliss-reactive ketones (excluding diaryl/α,β-unsaturated/α-hetero) is 1. The predicted molar refractivity (Wildman–Crippen MR) is 65.6 cm³/mol. The quantitative estimate of drug-likeness (QED) is 0.736. The van der Waals surface area contributed by atoms with E-state index in [0.717, 1.165) is 32.7 Å². The first kappa shape index (κ1) is 13.7. The smallest absolute Gasteiger partial charge is 0.139 e. The molecule has 0 saturated carbocycles. The predicted octanol–water partition coefficient (Wildman–Crippen LogP) is 2.10. The molecule has 0 aromatic carbocycles. The third-order valence-corrected chi connectivity index (χ3v) is 3.28. The largest absolute Gasteiger partial charge is 0.378 e. The Morgan fingerprint density at radius 2 is 2.12 bits per heavy atom. The van der Waals surface area contributed by atoms with Gasteiger partial charge in [-0.05, 0) is 6.42 Å². The van der Waals surface area contributed by atoms with Crippen LogP contribution in [-0.4, -0.2) is 43.0 Å². The molecule has 1 aliphatic heterocycles. The number of hydrogen-bond acceptors (Lipinski definition) is 3. The fourth-order valence-electron chi connectivity index (χ4n) is 1.98. The van der Waals surface area contributed by atoms with Crippen molar-refractivity contribution in [2.24, 2.45) is 5.41 Å². The normalized spacial score (nSPS) is 23.4. The summed E-state index contributed by atoms with van der Waals surface area (Å²) >= 11 is 0. The van der Waals surface area contributed by atoms with Gasteiger partial charge in [-0.2, -0.15) is 0 Å². The highest BCUT2D eigenvalue weighted by atomic mass is 16.5. The van der Waals surface area contributed by atoms with E-state index in [4.69, 9.17) is 4.74 Å². The first-order valence-electron chi connectivity index (χ1n) is 6.30. The molecule has 3 nitrogen and oxygen atoms in total. The molecule has 0 spiro atoms. The van der Waals surface area contributed by atoms with Crippen LogP contribution in [0.25, 0.3) is 0 Å². The van der Waals surface area contributed by atoms with E-state index in [1.807, 2.05) is 20.8 Å². The average molecular weight is 227 g/mol. The maximum absolute atomic E-state index is 11.8. The summed E-state index contributed by atoms with van der Waals surface area (Å²) in [5.41, 5.74) is -0.200. The van der Waals surface area contributed by atoms with Crippen molar-refractivity contribution >= 4 is 5.78 Å². The average Bonchev–Trinajstić information content (AvgIpc) is 2.24. The molecule has 0 amide bonds. The molecule has 0 bridgehead atoms. The Balaban J connectivity index is 2.38. The lowest BCUT2D eigenvalue weighted by Crippen LogP contribution is -2.46. The zero-order chi connectivity index (χ0) is 12.2. The molecule has 0 aromatic heterocycles. The molecule has 1 aliphatic rings. The minimum Gasteiger partial charge on any atom is -0.378 e. The summed E-state index contributed by atoms with van der Waals surface area (Å²) in [5, 5.41) is 0. The molecule has 16 heavy (non-hydrogen) atoms. The van der Waals surface area contributed by atoms with Gasteiger partial charge in [0.15, 0.2) is 0 Å². The van der Waals surface area contributed by atoms with Gasteiger partial charge in [0.1, 0.15) is 5.78 Å². The van der Waals surface area contributed by atoms with Gasteiger partial charge in [-0.15, -0.1) is 0 Å². The monoisotopic (exact) mass is 227 g/mol. The number of carbonyl (C=O) groups is 1. The Labute approximate surface area is 99.1 Å². The Kier molecular flexibility index (Phi) is 4.93. The van der Waals surface area contributed by atoms with E-state index in [0.29, 0.717) is 18.2 Å². The molecule has 94 valence electrons. The van der Waals surface area contributed by atoms with Crippen LogP contribution in [-0.2, 0) is 9.53 Å². The number of carbonyl (C=O) groups excluding carboxylic acids is 1. The molecule has 1 fully saturated rings. The minimum atomic E-state index is -0.200. The molecule has 0 radical (unpaired) electrons. The summed E-state index contributed by atoms with van der Waals surface area (Å²) in [7, 11) is 0. The van der Waals surface area contributed by atoms with Crippen LogP contribution < -0.4 is 0 Å². The van der Waals surface area contributed by atoms with E-state index in [1.54, 1.807) is 0 Å². The van der Waals surface area contributed by atoms with Crippen molar-refractivity contribution in [1.82, 2.24) is 4.90 Å². The summed E-state index contributed by atoms with van der Waals surface area (Å²) < 4.78 is 5.45. The standard InChI is InChI=1S/C13H25NO2/c1-5-11-10-16-9-8-14(11)7-6-12(15)13(2,3)4/h11H,5-10H2,1-4H3. The molecule has 1 saturated heterocycles. The van der Waals surface area contributed by atoms with E-state index >= 15 is 0 Å². The highest BCUT2D eigenvalue weighted by molar-refractivity contribution is 5.83. The third kappa shape index (κ3) is 3.87. The lowest BCUT2D eigenvalue weighted by atomic mass is 9.89. The molecular formula is C13H25NO2. The fraction of sp³-hybridized carbons (Fsp3) is 0.923. The van der Waals surface area contributed by atoms with Crippen LogP contribution in [0, 0.1) is 5.41 Å². The van der Waals surface area contributed by atoms with Gasteiger partial charge in [0, 0.05) is 31.0 Å². The zero-order valence-corrected chi connectivity index (χ0v) is 11.1. The number of rotatable bonds is 4. The van der Waals surface area contributed by atoms with Gasteiger partial charge in [0.05, 0.1) is 13.2 Å². The maximum Gasteiger partial charge on any atom is 0.139 e. The lowest BCUT2D eigenvalue weighted by Gasteiger charge is -2.35. The summed E-state index contributed by atoms with van der Waals surface area (Å²) in [6, 6.07) is 0.501. The highest BCUT2D eigenvalue weighted by Crippen LogP contribution is 2.18. The van der Waals surface area contributed by atoms with Gasteiger partial charge in [-0.25, -0.2) is 0 Å². The highest BCUT2D eigenvalue weighted by Gasteiger charge is 2.25. The van der Waals surface area contributed by atoms with Crippen molar-refractivity contribution in [2.75, 3.05) is 26.3 Å². The second kappa shape index (κ2) is 5.78. The summed E-state index contributed by atoms with van der Waals surface area (Å²) in [6.45, 7) is 11.6. The van der Waals surface area contributed by atoms with Crippen LogP contribution in [0.5, 0.6) is 0 Å². The SMILES string of the molecule is CCC1COCCN1CCC(=O)C(C)(C)C. The molecule has 1 rings (SSSR count). The topological polar surface area (TPSA) is 29.5 Å². The van der Waals surface area contributed by atoms with Crippen molar-refractivity contribution in [3.8, 4) is 0 Å². The number of morpholine rings is 1. The maximum atomic E-state index is 11.8. The second-order valence-electron chi connectivity index (χ2n) is 5.60. The minimum absolute atomic E-state index is 0.200. The first-order chi connectivity index (χ1) is 7.45. The van der Waals surface area contributed by atoms with E-state index < -0.39 is 0 Å². The van der Waals surface area contributed by atoms with Gasteiger partial charge in [-0.3, -0.25) is 9.69 Å². The molecular weight excluding hydrogens is 202 g/mol. The third-order valence-electron chi connectivity index (χ3n) is 3.28. The van der Waals surface area contributed by atoms with E-state index in [-0.39, 0.29) is 5.41 Å². The first-order valence-corrected chi connectivity index (χ1v) is 6.30. The number of ether oxygens (including phenoxy) is 1. The van der Waals surface area contributed by atoms with Gasteiger partial charge in [0.2, 0.25) is 0 Å². The van der Waals surface area contributed by atoms with Crippen molar-refractivity contribution in [3.63, 3.8) is 0 Å². The van der Waals surface area contributed by atoms with Crippen LogP contribution in [0.1, 0.15) is 40.5 Å². The van der Waals surface area contributed by atoms with Crippen molar-refractivity contribution in [1.29, 1.82) is 0 Å². The second-order valence-corrected chi connectivity index (χ2v) is 5.60. The van der Waals surface area contributed by atoms with Crippen LogP contribution in [0.15, 0.2) is 0 Å². The molecule has 1 heterocycles. The van der Waals surface area contributed by atoms with Crippen LogP contribution in [0.2, 0.25) is 0 Å². The summed E-state index contributed by atoms with van der Waals surface area (Å²) in [4.78, 5) is 14.2. The molecule has 0 aliphatic carbocycles. The van der Waals surface area contributed by atoms with Crippen LogP contribution in [0.4, 0.5) is 0 Å². The van der Waals surface area contributed by atoms with Crippen LogP contribution in [0.3, 0.4) is 0 Å². The van der Waals surface area contributed by atoms with Gasteiger partial charge >= 0.3 is 0 Å². The lowest BCUT2D eigenvalue weighted by molar-refractivity contribution is -0.127. The van der Waals surface area contributed by atoms with Gasteiger partial charge < -0.3 is 4.74 Å². The zero-order valence-electron chi connectivity index (χ0n) is 11.1. The molecule has 1 unspecified atom stereocenters. The van der Waals surface area contributed by atoms with Crippen LogP contribution >= 0.6 is 0 Å². The van der Waals surface area contributed by atoms with Gasteiger partial charge in [-0.1, -0.05) is 27.7 Å². The number of hydrogen-bond donors (Lipinski definition) is 0. The van der Waals surface area contributed by atoms with Crippen molar-refractivity contribution in [2.45, 2.75) is 46.6 Å². The van der Waals surface area contributed by atoms with Crippen molar-refractivity contribution in [3.05, 3.63) is 0 Å². The summed E-state index contributed by atoms with van der Waals surface area (Å²) in [6.07, 6.45) is 1.77. The number of nitrogens with zero attached hydrogens (tertiary/aromatic N) is 1. The molecule has 3 heteroatoms. The molecule has 1 atom stereocenters. The number of ketones is 1. The summed E-state index contributed by atoms with van der Waals surface area (Å²) in [5.74, 6) is 0.355. The molecule has 0 N–H and O–H groups in total. The Morgan fingerprint density at radius 3 is 2.69 bits per heavy atom. The molecule has 0 aromatic rings. The fourth-order valence-corrected chi connectivity index (χ4v) is 1.98. The Morgan fingerprint density at radius 1 is 1.44 bits per heavy atom. The van der Waals surface area contributed by atoms with E-state index in [1.165, 1.54) is 0 Å². The van der Waals surface area contributed by atoms with E-state index in [9.17, 15) is 4.79 Å². The van der Waals surface area contributed by atoms with Crippen molar-refractivity contribution < 1.29 is 9.53 Å². The Bertz CT molecular complexity index is 233. The van der Waals surface area contributed by atoms with E-state index in [2.05, 4.69) is 11.8 Å². The van der Waals surface area contributed by atoms with Gasteiger partial charge in [0.25, 0.3) is 0 Å². The Hall–Kier alpha value is -0.410.